The third kappa shape index (κ3) is 3.67. The lowest BCUT2D eigenvalue weighted by atomic mass is 10.1. The molecule has 0 aliphatic carbocycles. The number of phenolic OH excluding ortho intramolecular Hbond substituents is 1. The summed E-state index contributed by atoms with van der Waals surface area (Å²) in [4.78, 5) is 20.0. The first-order chi connectivity index (χ1) is 10.9. The normalized spacial score (nSPS) is 15.0. The molecule has 0 spiro atoms. The lowest BCUT2D eigenvalue weighted by Crippen LogP contribution is -2.17. The van der Waals surface area contributed by atoms with E-state index in [4.69, 9.17) is 9.79 Å². The first kappa shape index (κ1) is 15.9. The van der Waals surface area contributed by atoms with Gasteiger partial charge >= 0.3 is 7.82 Å². The third-order valence-electron chi connectivity index (χ3n) is 3.81. The Bertz CT molecular complexity index is 744. The zero-order chi connectivity index (χ0) is 16.4. The molecule has 0 fully saturated rings. The van der Waals surface area contributed by atoms with E-state index >= 15 is 0 Å². The van der Waals surface area contributed by atoms with Crippen LogP contribution in [0.3, 0.4) is 0 Å². The number of hydrogen-bond donors (Lipinski definition) is 3. The van der Waals surface area contributed by atoms with E-state index in [2.05, 4.69) is 9.42 Å². The molecule has 0 saturated carbocycles. The highest BCUT2D eigenvalue weighted by atomic mass is 31.2. The molecule has 0 aromatic heterocycles. The molecular formula is C16H18NO5P. The Labute approximate surface area is 134 Å². The summed E-state index contributed by atoms with van der Waals surface area (Å²) in [5.74, 6) is -0.470. The van der Waals surface area contributed by atoms with Gasteiger partial charge in [0, 0.05) is 24.0 Å². The number of benzene rings is 2. The summed E-state index contributed by atoms with van der Waals surface area (Å²) < 4.78 is 15.6. The van der Waals surface area contributed by atoms with Gasteiger partial charge in [-0.25, -0.2) is 4.57 Å². The molecule has 3 N–H and O–H groups in total. The molecule has 122 valence electrons. The fourth-order valence-corrected chi connectivity index (χ4v) is 3.24. The monoisotopic (exact) mass is 335 g/mol. The van der Waals surface area contributed by atoms with Crippen LogP contribution in [0.5, 0.6) is 11.5 Å². The molecule has 1 heterocycles. The summed E-state index contributed by atoms with van der Waals surface area (Å²) in [7, 11) is -4.71. The van der Waals surface area contributed by atoms with Crippen molar-refractivity contribution in [2.24, 2.45) is 0 Å². The number of anilines is 2. The van der Waals surface area contributed by atoms with Crippen LogP contribution >= 0.6 is 7.82 Å². The van der Waals surface area contributed by atoms with Gasteiger partial charge < -0.3 is 14.5 Å². The number of nitrogens with zero attached hydrogens (tertiary/aromatic N) is 1. The van der Waals surface area contributed by atoms with E-state index in [9.17, 15) is 9.67 Å². The van der Waals surface area contributed by atoms with Crippen LogP contribution in [0.1, 0.15) is 18.4 Å². The van der Waals surface area contributed by atoms with Crippen molar-refractivity contribution in [3.63, 3.8) is 0 Å². The van der Waals surface area contributed by atoms with Gasteiger partial charge in [0.2, 0.25) is 0 Å². The van der Waals surface area contributed by atoms with Gasteiger partial charge in [0.05, 0.1) is 0 Å². The highest BCUT2D eigenvalue weighted by molar-refractivity contribution is 7.46. The average Bonchev–Trinajstić information content (AvgIpc) is 2.69. The molecule has 3 rings (SSSR count). The quantitative estimate of drug-likeness (QED) is 0.746. The Balaban J connectivity index is 2.05. The average molecular weight is 335 g/mol. The van der Waals surface area contributed by atoms with Crippen LogP contribution in [0.2, 0.25) is 0 Å². The van der Waals surface area contributed by atoms with Gasteiger partial charge in [0.1, 0.15) is 0 Å². The number of phosphoric acid groups is 1. The Morgan fingerprint density at radius 1 is 1.09 bits per heavy atom. The van der Waals surface area contributed by atoms with Crippen molar-refractivity contribution in [3.05, 3.63) is 48.0 Å². The van der Waals surface area contributed by atoms with E-state index in [1.807, 2.05) is 30.3 Å². The van der Waals surface area contributed by atoms with Crippen molar-refractivity contribution >= 4 is 19.2 Å². The number of aryl methyl sites for hydroxylation is 1. The van der Waals surface area contributed by atoms with Gasteiger partial charge in [0.15, 0.2) is 11.5 Å². The molecule has 1 aliphatic rings. The second kappa shape index (κ2) is 6.24. The molecule has 1 aliphatic heterocycles. The minimum atomic E-state index is -4.71. The van der Waals surface area contributed by atoms with E-state index in [1.54, 1.807) is 0 Å². The van der Waals surface area contributed by atoms with Crippen LogP contribution in [0.15, 0.2) is 42.5 Å². The number of aromatic hydroxyl groups is 1. The number of para-hydroxylation sites is 1. The molecule has 0 radical (unpaired) electrons. The molecule has 0 unspecified atom stereocenters. The van der Waals surface area contributed by atoms with Gasteiger partial charge in [0.25, 0.3) is 0 Å². The van der Waals surface area contributed by atoms with Crippen LogP contribution in [0, 0.1) is 0 Å². The number of phenols is 1. The largest absolute Gasteiger partial charge is 0.524 e. The van der Waals surface area contributed by atoms with Gasteiger partial charge in [-0.15, -0.1) is 0 Å². The van der Waals surface area contributed by atoms with Crippen LogP contribution < -0.4 is 9.42 Å². The van der Waals surface area contributed by atoms with Gasteiger partial charge in [-0.1, -0.05) is 18.2 Å². The van der Waals surface area contributed by atoms with E-state index in [-0.39, 0.29) is 11.5 Å². The van der Waals surface area contributed by atoms with E-state index in [0.29, 0.717) is 0 Å². The number of phosphoric ester groups is 1. The second-order valence-corrected chi connectivity index (χ2v) is 6.64. The Hall–Kier alpha value is -2.01. The predicted octanol–water partition coefficient (Wildman–Crippen LogP) is 3.34. The second-order valence-electron chi connectivity index (χ2n) is 5.47. The molecular weight excluding hydrogens is 317 g/mol. The van der Waals surface area contributed by atoms with Crippen LogP contribution in [0.25, 0.3) is 0 Å². The first-order valence-corrected chi connectivity index (χ1v) is 8.91. The van der Waals surface area contributed by atoms with E-state index in [1.165, 1.54) is 12.1 Å². The van der Waals surface area contributed by atoms with Crippen LogP contribution in [0.4, 0.5) is 11.4 Å². The summed E-state index contributed by atoms with van der Waals surface area (Å²) in [6.45, 7) is 0.815. The zero-order valence-corrected chi connectivity index (χ0v) is 13.3. The highest BCUT2D eigenvalue weighted by Crippen LogP contribution is 2.45. The zero-order valence-electron chi connectivity index (χ0n) is 12.4. The topological polar surface area (TPSA) is 90.2 Å². The highest BCUT2D eigenvalue weighted by Gasteiger charge is 2.23. The maximum atomic E-state index is 11.0. The fraction of sp³-hybridized carbons (Fsp3) is 0.250. The van der Waals surface area contributed by atoms with Crippen molar-refractivity contribution in [2.75, 3.05) is 11.4 Å². The summed E-state index contributed by atoms with van der Waals surface area (Å²) in [6.07, 6.45) is 2.70. The van der Waals surface area contributed by atoms with Crippen LogP contribution in [-0.4, -0.2) is 21.4 Å². The molecule has 23 heavy (non-hydrogen) atoms. The molecule has 6 nitrogen and oxygen atoms in total. The number of fused-ring (bicyclic) bond motifs is 1. The molecule has 0 bridgehead atoms. The summed E-state index contributed by atoms with van der Waals surface area (Å²) in [5, 5.41) is 10.1. The summed E-state index contributed by atoms with van der Waals surface area (Å²) in [5.41, 5.74) is 2.75. The minimum Gasteiger partial charge on any atom is -0.504 e. The lowest BCUT2D eigenvalue weighted by molar-refractivity contribution is 0.277. The summed E-state index contributed by atoms with van der Waals surface area (Å²) in [6, 6.07) is 12.9. The lowest BCUT2D eigenvalue weighted by Gasteiger charge is -2.25. The first-order valence-electron chi connectivity index (χ1n) is 7.38. The third-order valence-corrected chi connectivity index (χ3v) is 4.25. The number of hydrogen-bond acceptors (Lipinski definition) is 4. The van der Waals surface area contributed by atoms with E-state index < -0.39 is 7.82 Å². The maximum Gasteiger partial charge on any atom is 0.524 e. The fourth-order valence-electron chi connectivity index (χ4n) is 2.83. The Morgan fingerprint density at radius 2 is 1.83 bits per heavy atom. The van der Waals surface area contributed by atoms with Crippen molar-refractivity contribution < 1.29 is 24.0 Å². The van der Waals surface area contributed by atoms with Gasteiger partial charge in [-0.3, -0.25) is 9.79 Å². The molecule has 0 atom stereocenters. The standard InChI is InChI=1S/C16H18NO5P/c18-15-11-14-12(10-16(15)22-23(19,20)21)6-4-5-9-17(14)13-7-2-1-3-8-13/h1-3,7-8,10-11,18H,4-6,9H2,(H2,19,20,21). The maximum absolute atomic E-state index is 11.0. The smallest absolute Gasteiger partial charge is 0.504 e. The minimum absolute atomic E-state index is 0.188. The van der Waals surface area contributed by atoms with Gasteiger partial charge in [-0.2, -0.15) is 0 Å². The molecule has 0 saturated heterocycles. The number of rotatable bonds is 3. The molecule has 0 amide bonds. The van der Waals surface area contributed by atoms with Gasteiger partial charge in [-0.05, 0) is 43.0 Å². The Morgan fingerprint density at radius 3 is 2.52 bits per heavy atom. The summed E-state index contributed by atoms with van der Waals surface area (Å²) >= 11 is 0. The predicted molar refractivity (Wildman–Crippen MR) is 87.2 cm³/mol. The Kier molecular flexibility index (Phi) is 4.31. The van der Waals surface area contributed by atoms with Crippen molar-refractivity contribution in [2.45, 2.75) is 19.3 Å². The molecule has 7 heteroatoms. The van der Waals surface area contributed by atoms with Crippen molar-refractivity contribution in [1.29, 1.82) is 0 Å². The van der Waals surface area contributed by atoms with Crippen LogP contribution in [-0.2, 0) is 11.0 Å². The van der Waals surface area contributed by atoms with E-state index in [0.717, 1.165) is 42.7 Å². The SMILES string of the molecule is O=P(O)(O)Oc1cc2c(cc1O)N(c1ccccc1)CCCC2. The van der Waals surface area contributed by atoms with Crippen molar-refractivity contribution in [1.82, 2.24) is 0 Å². The van der Waals surface area contributed by atoms with Crippen molar-refractivity contribution in [3.8, 4) is 11.5 Å². The molecule has 2 aromatic carbocycles. The molecule has 2 aromatic rings.